The molecule has 175 valence electrons. The summed E-state index contributed by atoms with van der Waals surface area (Å²) < 4.78 is 0. The summed E-state index contributed by atoms with van der Waals surface area (Å²) in [4.78, 5) is 0. The molecule has 4 aromatic carbocycles. The molecule has 1 radical (unpaired) electrons. The van der Waals surface area contributed by atoms with Gasteiger partial charge in [0.1, 0.15) is 0 Å². The van der Waals surface area contributed by atoms with E-state index in [2.05, 4.69) is 121 Å². The second-order valence-electron chi connectivity index (χ2n) is 7.50. The van der Waals surface area contributed by atoms with Gasteiger partial charge in [-0.1, -0.05) is 72.8 Å². The minimum atomic E-state index is -0.676. The minimum Gasteiger partial charge on any atom is -0.327 e. The zero-order valence-corrected chi connectivity index (χ0v) is 23.0. The van der Waals surface area contributed by atoms with Gasteiger partial charge in [-0.2, -0.15) is 0 Å². The third-order valence-electron chi connectivity index (χ3n) is 5.28. The molecular formula is C28H34AuN2P2+2. The van der Waals surface area contributed by atoms with Crippen LogP contribution in [-0.4, -0.2) is 25.4 Å². The van der Waals surface area contributed by atoms with Crippen molar-refractivity contribution >= 4 is 37.1 Å². The van der Waals surface area contributed by atoms with Crippen molar-refractivity contribution in [3.63, 3.8) is 0 Å². The first kappa shape index (κ1) is 27.6. The summed E-state index contributed by atoms with van der Waals surface area (Å²) in [5.74, 6) is 0. The Morgan fingerprint density at radius 3 is 0.788 bits per heavy atom. The summed E-state index contributed by atoms with van der Waals surface area (Å²) in [6.45, 7) is 1.52. The molecule has 5 heteroatoms. The normalized spacial score (nSPS) is 10.3. The number of nitrogens with two attached hydrogens (primary N) is 2. The van der Waals surface area contributed by atoms with Gasteiger partial charge < -0.3 is 11.5 Å². The van der Waals surface area contributed by atoms with Crippen LogP contribution in [0.1, 0.15) is 0 Å². The van der Waals surface area contributed by atoms with Crippen molar-refractivity contribution in [1.29, 1.82) is 0 Å². The summed E-state index contributed by atoms with van der Waals surface area (Å²) >= 11 is 0. The van der Waals surface area contributed by atoms with Gasteiger partial charge in [-0.15, -0.1) is 0 Å². The Labute approximate surface area is 216 Å². The van der Waals surface area contributed by atoms with Crippen molar-refractivity contribution in [3.8, 4) is 0 Å². The average Bonchev–Trinajstić information content (AvgIpc) is 2.88. The van der Waals surface area contributed by atoms with Crippen molar-refractivity contribution in [2.24, 2.45) is 11.5 Å². The van der Waals surface area contributed by atoms with Gasteiger partial charge in [0.15, 0.2) is 0 Å². The molecule has 33 heavy (non-hydrogen) atoms. The van der Waals surface area contributed by atoms with Crippen molar-refractivity contribution in [3.05, 3.63) is 121 Å². The summed E-state index contributed by atoms with van der Waals surface area (Å²) in [7, 11) is -1.35. The Balaban J connectivity index is 0.000000227. The zero-order valence-electron chi connectivity index (χ0n) is 18.8. The van der Waals surface area contributed by atoms with Crippen LogP contribution in [0.3, 0.4) is 0 Å². The maximum absolute atomic E-state index is 5.73. The van der Waals surface area contributed by atoms with Gasteiger partial charge in [0, 0.05) is 35.5 Å². The van der Waals surface area contributed by atoms with Gasteiger partial charge in [0.25, 0.3) is 0 Å². The summed E-state index contributed by atoms with van der Waals surface area (Å²) in [5, 5.41) is 5.79. The Morgan fingerprint density at radius 1 is 0.394 bits per heavy atom. The molecule has 0 aliphatic rings. The van der Waals surface area contributed by atoms with E-state index in [0.717, 1.165) is 25.4 Å². The largest absolute Gasteiger partial charge is 0.327 e. The third-order valence-corrected chi connectivity index (χ3v) is 11.0. The van der Waals surface area contributed by atoms with Crippen LogP contribution in [0.5, 0.6) is 0 Å². The van der Waals surface area contributed by atoms with Gasteiger partial charge in [-0.25, -0.2) is 0 Å². The van der Waals surface area contributed by atoms with Crippen molar-refractivity contribution in [2.75, 3.05) is 25.4 Å². The fraction of sp³-hybridized carbons (Fsp3) is 0.143. The van der Waals surface area contributed by atoms with Gasteiger partial charge in [-0.05, 0) is 48.5 Å². The third kappa shape index (κ3) is 8.93. The Kier molecular flexibility index (Phi) is 13.5. The molecule has 4 rings (SSSR count). The van der Waals surface area contributed by atoms with Crippen LogP contribution in [0.4, 0.5) is 0 Å². The fourth-order valence-corrected chi connectivity index (χ4v) is 8.53. The number of rotatable bonds is 8. The summed E-state index contributed by atoms with van der Waals surface area (Å²) in [5.41, 5.74) is 11.5. The molecule has 2 nitrogen and oxygen atoms in total. The van der Waals surface area contributed by atoms with E-state index in [1.165, 1.54) is 21.2 Å². The molecule has 0 bridgehead atoms. The van der Waals surface area contributed by atoms with Crippen LogP contribution < -0.4 is 32.7 Å². The Morgan fingerprint density at radius 2 is 0.606 bits per heavy atom. The molecule has 0 aliphatic carbocycles. The molecule has 0 amide bonds. The first-order chi connectivity index (χ1) is 15.8. The van der Waals surface area contributed by atoms with Gasteiger partial charge in [-0.3, -0.25) is 0 Å². The average molecular weight is 658 g/mol. The van der Waals surface area contributed by atoms with E-state index in [9.17, 15) is 0 Å². The van der Waals surface area contributed by atoms with E-state index >= 15 is 0 Å². The first-order valence-electron chi connectivity index (χ1n) is 11.2. The maximum Gasteiger partial charge on any atom is 0.0967 e. The van der Waals surface area contributed by atoms with Gasteiger partial charge >= 0.3 is 0 Å². The van der Waals surface area contributed by atoms with Crippen LogP contribution in [0.2, 0.25) is 0 Å². The topological polar surface area (TPSA) is 52.0 Å². The summed E-state index contributed by atoms with van der Waals surface area (Å²) in [6.07, 6.45) is 2.19. The smallest absolute Gasteiger partial charge is 0.0967 e. The number of benzene rings is 4. The molecule has 0 saturated heterocycles. The molecule has 0 fully saturated rings. The number of hydrogen-bond acceptors (Lipinski definition) is 2. The monoisotopic (exact) mass is 657 g/mol. The molecule has 0 spiro atoms. The first-order valence-corrected chi connectivity index (χ1v) is 14.6. The van der Waals surface area contributed by atoms with E-state index in [-0.39, 0.29) is 22.4 Å². The Bertz CT molecular complexity index is 839. The minimum absolute atomic E-state index is 0. The number of hydrogen-bond donors (Lipinski definition) is 2. The molecular weight excluding hydrogens is 623 g/mol. The van der Waals surface area contributed by atoms with Crippen LogP contribution in [0.25, 0.3) is 0 Å². The van der Waals surface area contributed by atoms with E-state index in [4.69, 9.17) is 11.5 Å². The molecule has 0 unspecified atom stereocenters. The van der Waals surface area contributed by atoms with Crippen molar-refractivity contribution in [1.82, 2.24) is 0 Å². The molecule has 0 saturated carbocycles. The zero-order chi connectivity index (χ0) is 22.4. The van der Waals surface area contributed by atoms with Gasteiger partial charge in [0.05, 0.1) is 49.4 Å². The van der Waals surface area contributed by atoms with Crippen molar-refractivity contribution < 1.29 is 22.4 Å². The molecule has 0 aliphatic heterocycles. The van der Waals surface area contributed by atoms with Crippen LogP contribution in [0.15, 0.2) is 121 Å². The maximum atomic E-state index is 5.73. The standard InChI is InChI=1S/2C14H16NP.Au/c2*15-11-12-16(13-7-3-1-4-8-13)14-9-5-2-6-10-14;/h2*1-10H,11-12,15H2;/p+2. The van der Waals surface area contributed by atoms with E-state index in [0.29, 0.717) is 0 Å². The quantitative estimate of drug-likeness (QED) is 0.225. The predicted molar refractivity (Wildman–Crippen MR) is 149 cm³/mol. The molecule has 4 N–H and O–H groups in total. The van der Waals surface area contributed by atoms with Gasteiger partial charge in [0.2, 0.25) is 0 Å². The molecule has 0 atom stereocenters. The van der Waals surface area contributed by atoms with Crippen molar-refractivity contribution in [2.45, 2.75) is 0 Å². The molecule has 0 aromatic heterocycles. The summed E-state index contributed by atoms with van der Waals surface area (Å²) in [6, 6.07) is 42.9. The predicted octanol–water partition coefficient (Wildman–Crippen LogP) is 3.62. The second-order valence-corrected chi connectivity index (χ2v) is 12.7. The van der Waals surface area contributed by atoms with Crippen LogP contribution >= 0.6 is 15.8 Å². The van der Waals surface area contributed by atoms with Crippen LogP contribution in [-0.2, 0) is 22.4 Å². The second kappa shape index (κ2) is 16.1. The molecule has 0 heterocycles. The Hall–Kier alpha value is -1.60. The van der Waals surface area contributed by atoms with E-state index in [1.807, 2.05) is 0 Å². The SMILES string of the molecule is NCC[PH+](c1ccccc1)c1ccccc1.NCC[PH+](c1ccccc1)c1ccccc1.[Au]. The van der Waals surface area contributed by atoms with Crippen LogP contribution in [0, 0.1) is 0 Å². The van der Waals surface area contributed by atoms with E-state index < -0.39 is 15.8 Å². The fourth-order valence-electron chi connectivity index (χ4n) is 3.76. The van der Waals surface area contributed by atoms with E-state index in [1.54, 1.807) is 0 Å². The molecule has 4 aromatic rings.